The van der Waals surface area contributed by atoms with Crippen LogP contribution in [0.5, 0.6) is 0 Å². The number of benzene rings is 1. The number of alkyl halides is 3. The molecule has 0 atom stereocenters. The van der Waals surface area contributed by atoms with E-state index in [0.717, 1.165) is 17.7 Å². The van der Waals surface area contributed by atoms with Crippen LogP contribution in [0.25, 0.3) is 0 Å². The first-order valence-corrected chi connectivity index (χ1v) is 8.53. The lowest BCUT2D eigenvalue weighted by atomic mass is 9.91. The molecular weight excluding hydrogens is 378 g/mol. The lowest BCUT2D eigenvalue weighted by Crippen LogP contribution is -2.30. The summed E-state index contributed by atoms with van der Waals surface area (Å²) in [5, 5.41) is 10.2. The highest BCUT2D eigenvalue weighted by molar-refractivity contribution is 6.38. The standard InChI is InChI=1S/C17H18Cl2F3NO2/c1-23(9-17(20,21)22)8-12-13(18)7-6-11(15(12)19)16(25)10-4-2-3-5-14(10)24/h6-7,24H,2-5,8-9H2,1H3. The Morgan fingerprint density at radius 3 is 2.48 bits per heavy atom. The van der Waals surface area contributed by atoms with Gasteiger partial charge in [0.25, 0.3) is 0 Å². The van der Waals surface area contributed by atoms with Crippen LogP contribution in [-0.4, -0.2) is 35.6 Å². The van der Waals surface area contributed by atoms with Gasteiger partial charge in [-0.15, -0.1) is 0 Å². The molecule has 1 N–H and O–H groups in total. The smallest absolute Gasteiger partial charge is 0.401 e. The highest BCUT2D eigenvalue weighted by atomic mass is 35.5. The number of Topliss-reactive ketones (excluding diaryl/α,β-unsaturated/α-hetero) is 1. The van der Waals surface area contributed by atoms with Crippen LogP contribution in [0.3, 0.4) is 0 Å². The van der Waals surface area contributed by atoms with Gasteiger partial charge in [0.2, 0.25) is 0 Å². The Morgan fingerprint density at radius 1 is 1.24 bits per heavy atom. The maximum Gasteiger partial charge on any atom is 0.401 e. The summed E-state index contributed by atoms with van der Waals surface area (Å²) in [6.45, 7) is -1.27. The average Bonchev–Trinajstić information content (AvgIpc) is 2.49. The summed E-state index contributed by atoms with van der Waals surface area (Å²) in [5.74, 6) is -0.350. The zero-order chi connectivity index (χ0) is 18.8. The molecule has 0 heterocycles. The van der Waals surface area contributed by atoms with E-state index >= 15 is 0 Å². The fourth-order valence-corrected chi connectivity index (χ4v) is 3.42. The fourth-order valence-electron chi connectivity index (χ4n) is 2.85. The molecule has 1 aliphatic carbocycles. The summed E-state index contributed by atoms with van der Waals surface area (Å²) < 4.78 is 37.5. The number of hydrogen-bond acceptors (Lipinski definition) is 3. The first-order valence-electron chi connectivity index (χ1n) is 7.78. The van der Waals surface area contributed by atoms with Crippen LogP contribution in [0.15, 0.2) is 23.5 Å². The average molecular weight is 396 g/mol. The van der Waals surface area contributed by atoms with E-state index in [1.54, 1.807) is 0 Å². The predicted octanol–water partition coefficient (Wildman–Crippen LogP) is 5.56. The second-order valence-corrected chi connectivity index (χ2v) is 6.92. The third kappa shape index (κ3) is 5.12. The molecule has 1 aromatic carbocycles. The first-order chi connectivity index (χ1) is 11.6. The van der Waals surface area contributed by atoms with Crippen molar-refractivity contribution >= 4 is 29.0 Å². The molecule has 0 aliphatic heterocycles. The zero-order valence-corrected chi connectivity index (χ0v) is 15.1. The maximum atomic E-state index is 12.7. The molecule has 138 valence electrons. The van der Waals surface area contributed by atoms with Crippen molar-refractivity contribution in [2.45, 2.75) is 38.4 Å². The Hall–Kier alpha value is -1.24. The molecule has 2 rings (SSSR count). The number of hydrogen-bond donors (Lipinski definition) is 1. The van der Waals surface area contributed by atoms with Gasteiger partial charge in [-0.3, -0.25) is 9.69 Å². The van der Waals surface area contributed by atoms with Crippen molar-refractivity contribution in [2.75, 3.05) is 13.6 Å². The topological polar surface area (TPSA) is 40.5 Å². The highest BCUT2D eigenvalue weighted by Gasteiger charge is 2.30. The summed E-state index contributed by atoms with van der Waals surface area (Å²) in [6, 6.07) is 2.88. The van der Waals surface area contributed by atoms with E-state index in [0.29, 0.717) is 18.4 Å². The quantitative estimate of drug-likeness (QED) is 0.663. The van der Waals surface area contributed by atoms with E-state index in [2.05, 4.69) is 0 Å². The minimum absolute atomic E-state index is 0.0254. The molecule has 0 spiro atoms. The summed E-state index contributed by atoms with van der Waals surface area (Å²) in [7, 11) is 1.30. The van der Waals surface area contributed by atoms with Gasteiger partial charge in [0, 0.05) is 34.7 Å². The number of allylic oxidation sites excluding steroid dienone is 2. The van der Waals surface area contributed by atoms with Gasteiger partial charge < -0.3 is 5.11 Å². The Labute approximate surface area is 154 Å². The van der Waals surface area contributed by atoms with E-state index in [-0.39, 0.29) is 33.5 Å². The summed E-state index contributed by atoms with van der Waals surface area (Å²) in [4.78, 5) is 13.7. The van der Waals surface area contributed by atoms with Crippen molar-refractivity contribution in [1.82, 2.24) is 4.90 Å². The molecule has 0 amide bonds. The number of halogens is 5. The van der Waals surface area contributed by atoms with E-state index in [1.165, 1.54) is 19.2 Å². The number of nitrogens with zero attached hydrogens (tertiary/aromatic N) is 1. The predicted molar refractivity (Wildman–Crippen MR) is 91.3 cm³/mol. The Kier molecular flexibility index (Phi) is 6.40. The molecule has 25 heavy (non-hydrogen) atoms. The third-order valence-corrected chi connectivity index (χ3v) is 4.81. The van der Waals surface area contributed by atoms with Crippen LogP contribution in [-0.2, 0) is 6.54 Å². The van der Waals surface area contributed by atoms with Gasteiger partial charge in [-0.05, 0) is 38.4 Å². The van der Waals surface area contributed by atoms with Crippen LogP contribution >= 0.6 is 23.2 Å². The van der Waals surface area contributed by atoms with Gasteiger partial charge in [0.05, 0.1) is 17.3 Å². The molecule has 0 radical (unpaired) electrons. The van der Waals surface area contributed by atoms with Gasteiger partial charge in [-0.1, -0.05) is 23.2 Å². The lowest BCUT2D eigenvalue weighted by Gasteiger charge is -2.21. The van der Waals surface area contributed by atoms with Gasteiger partial charge in [0.1, 0.15) is 0 Å². The molecule has 0 saturated carbocycles. The molecule has 0 unspecified atom stereocenters. The van der Waals surface area contributed by atoms with Crippen LogP contribution < -0.4 is 0 Å². The maximum absolute atomic E-state index is 12.7. The highest BCUT2D eigenvalue weighted by Crippen LogP contribution is 2.33. The Morgan fingerprint density at radius 2 is 1.88 bits per heavy atom. The normalized spacial score (nSPS) is 15.8. The number of aliphatic hydroxyl groups excluding tert-OH is 1. The second kappa shape index (κ2) is 7.98. The van der Waals surface area contributed by atoms with Gasteiger partial charge >= 0.3 is 6.18 Å². The molecule has 1 aromatic rings. The van der Waals surface area contributed by atoms with Crippen molar-refractivity contribution in [3.63, 3.8) is 0 Å². The van der Waals surface area contributed by atoms with Crippen molar-refractivity contribution < 1.29 is 23.1 Å². The first kappa shape index (κ1) is 20.1. The van der Waals surface area contributed by atoms with Gasteiger partial charge in [-0.25, -0.2) is 0 Å². The van der Waals surface area contributed by atoms with Gasteiger partial charge in [0.15, 0.2) is 5.78 Å². The van der Waals surface area contributed by atoms with Crippen molar-refractivity contribution in [3.05, 3.63) is 44.6 Å². The van der Waals surface area contributed by atoms with E-state index in [1.807, 2.05) is 0 Å². The molecule has 0 bridgehead atoms. The van der Waals surface area contributed by atoms with Gasteiger partial charge in [-0.2, -0.15) is 13.2 Å². The van der Waals surface area contributed by atoms with Crippen LogP contribution in [0.4, 0.5) is 13.2 Å². The SMILES string of the molecule is CN(Cc1c(Cl)ccc(C(=O)C2=C(O)CCCC2)c1Cl)CC(F)(F)F. The number of carbonyl (C=O) groups excluding carboxylic acids is 1. The van der Waals surface area contributed by atoms with Crippen LogP contribution in [0.2, 0.25) is 10.0 Å². The summed E-state index contributed by atoms with van der Waals surface area (Å²) >= 11 is 12.3. The molecule has 0 saturated heterocycles. The largest absolute Gasteiger partial charge is 0.512 e. The lowest BCUT2D eigenvalue weighted by molar-refractivity contribution is -0.144. The third-order valence-electron chi connectivity index (χ3n) is 4.02. The molecule has 0 fully saturated rings. The van der Waals surface area contributed by atoms with E-state index in [9.17, 15) is 23.1 Å². The fraction of sp³-hybridized carbons (Fsp3) is 0.471. The van der Waals surface area contributed by atoms with Crippen molar-refractivity contribution in [2.24, 2.45) is 0 Å². The Balaban J connectivity index is 2.32. The second-order valence-electron chi connectivity index (χ2n) is 6.14. The monoisotopic (exact) mass is 395 g/mol. The van der Waals surface area contributed by atoms with Crippen LogP contribution in [0.1, 0.15) is 41.6 Å². The minimum Gasteiger partial charge on any atom is -0.512 e. The summed E-state index contributed by atoms with van der Waals surface area (Å²) in [6.07, 6.45) is -1.86. The number of carbonyl (C=O) groups is 1. The van der Waals surface area contributed by atoms with Crippen molar-refractivity contribution in [1.29, 1.82) is 0 Å². The Bertz CT molecular complexity index is 702. The molecule has 1 aliphatic rings. The molecule has 3 nitrogen and oxygen atoms in total. The molecule has 0 aromatic heterocycles. The number of ketones is 1. The zero-order valence-electron chi connectivity index (χ0n) is 13.6. The van der Waals surface area contributed by atoms with E-state index in [4.69, 9.17) is 23.2 Å². The van der Waals surface area contributed by atoms with Crippen LogP contribution in [0, 0.1) is 0 Å². The molecule has 8 heteroatoms. The minimum atomic E-state index is -4.35. The summed E-state index contributed by atoms with van der Waals surface area (Å²) in [5.41, 5.74) is 0.715. The molecular formula is C17H18Cl2F3NO2. The number of aliphatic hydroxyl groups is 1. The van der Waals surface area contributed by atoms with Crippen molar-refractivity contribution in [3.8, 4) is 0 Å². The van der Waals surface area contributed by atoms with E-state index < -0.39 is 18.5 Å². The number of rotatable bonds is 5.